The number of nitrogens with zero attached hydrogens (tertiary/aromatic N) is 2. The van der Waals surface area contributed by atoms with Crippen molar-refractivity contribution in [3.8, 4) is 0 Å². The summed E-state index contributed by atoms with van der Waals surface area (Å²) in [6, 6.07) is 48.4. The van der Waals surface area contributed by atoms with Crippen LogP contribution in [0.3, 0.4) is 0 Å². The fourth-order valence-electron chi connectivity index (χ4n) is 6.56. The highest BCUT2D eigenvalue weighted by Crippen LogP contribution is 2.44. The molecule has 2 heterocycles. The minimum absolute atomic E-state index is 0.384. The summed E-state index contributed by atoms with van der Waals surface area (Å²) < 4.78 is 6.76. The molecule has 1 aliphatic heterocycles. The molecule has 4 heteroatoms. The molecule has 9 rings (SSSR count). The van der Waals surface area contributed by atoms with Crippen molar-refractivity contribution in [1.82, 2.24) is 5.32 Å². The minimum Gasteiger partial charge on any atom is -0.455 e. The number of furan rings is 1. The van der Waals surface area contributed by atoms with E-state index in [2.05, 4.69) is 96.3 Å². The molecule has 202 valence electrons. The van der Waals surface area contributed by atoms with E-state index in [1.807, 2.05) is 48.5 Å². The number of benzene rings is 7. The highest BCUT2D eigenvalue weighted by atomic mass is 16.3. The van der Waals surface area contributed by atoms with Crippen LogP contribution in [0, 0.1) is 0 Å². The van der Waals surface area contributed by atoms with E-state index in [1.165, 1.54) is 21.5 Å². The zero-order valence-corrected chi connectivity index (χ0v) is 23.2. The third-order valence-corrected chi connectivity index (χ3v) is 8.49. The van der Waals surface area contributed by atoms with Gasteiger partial charge in [0.2, 0.25) is 0 Å². The quantitative estimate of drug-likeness (QED) is 0.222. The molecular formula is C39H25N3O. The number of aliphatic imine (C=N–C) groups is 2. The SMILES string of the molecule is c1ccc(C2=NC(c3ccccc3)N=C(c3cc4c5ccccc5c5ccccc5c4c4oc5ccccc5c34)N2)cc1. The van der Waals surface area contributed by atoms with Crippen LogP contribution in [0.25, 0.3) is 54.3 Å². The maximum absolute atomic E-state index is 6.76. The van der Waals surface area contributed by atoms with Crippen molar-refractivity contribution in [1.29, 1.82) is 0 Å². The Balaban J connectivity index is 1.41. The van der Waals surface area contributed by atoms with Crippen LogP contribution in [0.1, 0.15) is 22.9 Å². The van der Waals surface area contributed by atoms with Gasteiger partial charge in [-0.1, -0.05) is 127 Å². The van der Waals surface area contributed by atoms with Crippen molar-refractivity contribution < 1.29 is 4.42 Å². The molecule has 0 saturated heterocycles. The molecule has 7 aromatic carbocycles. The Hall–Kier alpha value is -5.74. The highest BCUT2D eigenvalue weighted by molar-refractivity contribution is 6.36. The van der Waals surface area contributed by atoms with Crippen molar-refractivity contribution in [2.75, 3.05) is 0 Å². The first-order valence-corrected chi connectivity index (χ1v) is 14.5. The molecule has 0 bridgehead atoms. The number of rotatable bonds is 3. The predicted octanol–water partition coefficient (Wildman–Crippen LogP) is 9.54. The summed E-state index contributed by atoms with van der Waals surface area (Å²) in [6.45, 7) is 0. The van der Waals surface area contributed by atoms with Gasteiger partial charge in [-0.3, -0.25) is 0 Å². The lowest BCUT2D eigenvalue weighted by atomic mass is 9.90. The van der Waals surface area contributed by atoms with Gasteiger partial charge in [-0.2, -0.15) is 0 Å². The summed E-state index contributed by atoms with van der Waals surface area (Å²) in [7, 11) is 0. The topological polar surface area (TPSA) is 49.9 Å². The monoisotopic (exact) mass is 551 g/mol. The van der Waals surface area contributed by atoms with Gasteiger partial charge >= 0.3 is 0 Å². The number of para-hydroxylation sites is 1. The molecule has 0 spiro atoms. The molecule has 8 aromatic rings. The smallest absolute Gasteiger partial charge is 0.169 e. The fraction of sp³-hybridized carbons (Fsp3) is 0.0256. The first-order valence-electron chi connectivity index (χ1n) is 14.5. The Morgan fingerprint density at radius 3 is 1.79 bits per heavy atom. The Morgan fingerprint density at radius 1 is 0.488 bits per heavy atom. The van der Waals surface area contributed by atoms with Gasteiger partial charge in [0.25, 0.3) is 0 Å². The van der Waals surface area contributed by atoms with Crippen LogP contribution in [0.4, 0.5) is 0 Å². The molecule has 1 aromatic heterocycles. The maximum atomic E-state index is 6.76. The van der Waals surface area contributed by atoms with Crippen molar-refractivity contribution in [3.05, 3.63) is 156 Å². The summed E-state index contributed by atoms with van der Waals surface area (Å²) in [5.41, 5.74) is 4.79. The zero-order chi connectivity index (χ0) is 28.3. The van der Waals surface area contributed by atoms with E-state index in [-0.39, 0.29) is 6.17 Å². The molecule has 1 N–H and O–H groups in total. The Labute approximate surface area is 247 Å². The molecule has 0 aliphatic carbocycles. The average Bonchev–Trinajstić information content (AvgIpc) is 3.48. The van der Waals surface area contributed by atoms with E-state index < -0.39 is 0 Å². The first-order chi connectivity index (χ1) is 21.3. The lowest BCUT2D eigenvalue weighted by Gasteiger charge is -2.23. The van der Waals surface area contributed by atoms with Gasteiger partial charge in [0.05, 0.1) is 0 Å². The molecule has 1 aliphatic rings. The molecule has 4 nitrogen and oxygen atoms in total. The van der Waals surface area contributed by atoms with Crippen molar-refractivity contribution in [3.63, 3.8) is 0 Å². The summed E-state index contributed by atoms with van der Waals surface area (Å²) in [5, 5.41) is 12.8. The van der Waals surface area contributed by atoms with Gasteiger partial charge < -0.3 is 9.73 Å². The van der Waals surface area contributed by atoms with E-state index >= 15 is 0 Å². The predicted molar refractivity (Wildman–Crippen MR) is 178 cm³/mol. The highest BCUT2D eigenvalue weighted by Gasteiger charge is 2.26. The molecule has 0 amide bonds. The number of nitrogens with one attached hydrogen (secondary N) is 1. The van der Waals surface area contributed by atoms with Crippen LogP contribution in [0.15, 0.2) is 154 Å². The molecule has 0 radical (unpaired) electrons. The van der Waals surface area contributed by atoms with E-state index in [1.54, 1.807) is 0 Å². The van der Waals surface area contributed by atoms with E-state index in [4.69, 9.17) is 14.4 Å². The van der Waals surface area contributed by atoms with E-state index in [0.717, 1.165) is 61.1 Å². The van der Waals surface area contributed by atoms with Crippen LogP contribution < -0.4 is 5.32 Å². The van der Waals surface area contributed by atoms with Crippen molar-refractivity contribution in [2.24, 2.45) is 9.98 Å². The van der Waals surface area contributed by atoms with Gasteiger partial charge in [-0.05, 0) is 44.6 Å². The Morgan fingerprint density at radius 2 is 1.05 bits per heavy atom. The summed E-state index contributed by atoms with van der Waals surface area (Å²) in [6.07, 6.45) is -0.384. The van der Waals surface area contributed by atoms with Gasteiger partial charge in [0.15, 0.2) is 6.17 Å². The minimum atomic E-state index is -0.384. The zero-order valence-electron chi connectivity index (χ0n) is 23.2. The summed E-state index contributed by atoms with van der Waals surface area (Å²) >= 11 is 0. The molecule has 0 saturated carbocycles. The van der Waals surface area contributed by atoms with Crippen LogP contribution in [-0.4, -0.2) is 11.7 Å². The van der Waals surface area contributed by atoms with Crippen molar-refractivity contribution in [2.45, 2.75) is 6.17 Å². The van der Waals surface area contributed by atoms with E-state index in [0.29, 0.717) is 0 Å². The second-order valence-electron chi connectivity index (χ2n) is 11.0. The van der Waals surface area contributed by atoms with Gasteiger partial charge in [0.1, 0.15) is 22.8 Å². The largest absolute Gasteiger partial charge is 0.455 e. The van der Waals surface area contributed by atoms with Crippen LogP contribution in [0.2, 0.25) is 0 Å². The average molecular weight is 552 g/mol. The second kappa shape index (κ2) is 9.40. The molecule has 0 fully saturated rings. The molecule has 43 heavy (non-hydrogen) atoms. The Kier molecular flexibility index (Phi) is 5.23. The molecule has 1 unspecified atom stereocenters. The fourth-order valence-corrected chi connectivity index (χ4v) is 6.56. The van der Waals surface area contributed by atoms with Crippen LogP contribution in [0.5, 0.6) is 0 Å². The molecular weight excluding hydrogens is 526 g/mol. The summed E-state index contributed by atoms with van der Waals surface area (Å²) in [4.78, 5) is 10.3. The van der Waals surface area contributed by atoms with E-state index in [9.17, 15) is 0 Å². The second-order valence-corrected chi connectivity index (χ2v) is 11.0. The Bertz CT molecular complexity index is 2420. The van der Waals surface area contributed by atoms with Crippen LogP contribution >= 0.6 is 0 Å². The number of hydrogen-bond donors (Lipinski definition) is 1. The summed E-state index contributed by atoms with van der Waals surface area (Å²) in [5.74, 6) is 1.57. The third-order valence-electron chi connectivity index (χ3n) is 8.49. The lowest BCUT2D eigenvalue weighted by molar-refractivity contribution is 0.673. The van der Waals surface area contributed by atoms with Gasteiger partial charge in [-0.15, -0.1) is 0 Å². The maximum Gasteiger partial charge on any atom is 0.169 e. The molecule has 1 atom stereocenters. The normalized spacial score (nSPS) is 15.2. The van der Waals surface area contributed by atoms with Crippen LogP contribution in [-0.2, 0) is 0 Å². The standard InChI is InChI=1S/C39H25N3O/c1-3-13-24(14-4-1)37-40-38(25-15-5-2-6-16-25)42-39(41-37)32-23-31-28-19-8-7-17-26(28)27-18-9-10-20-29(27)34(31)36-35(32)30-21-11-12-22-33(30)43-36/h1-23,37H,(H,40,41,42). The number of fused-ring (bicyclic) bond motifs is 10. The van der Waals surface area contributed by atoms with Gasteiger partial charge in [0, 0.05) is 27.3 Å². The number of hydrogen-bond acceptors (Lipinski definition) is 4. The van der Waals surface area contributed by atoms with Gasteiger partial charge in [-0.25, -0.2) is 9.98 Å². The van der Waals surface area contributed by atoms with Crippen molar-refractivity contribution >= 4 is 65.9 Å². The first kappa shape index (κ1) is 23.9. The number of amidine groups is 2. The third kappa shape index (κ3) is 3.70. The lowest BCUT2D eigenvalue weighted by Crippen LogP contribution is -2.36.